The summed E-state index contributed by atoms with van der Waals surface area (Å²) in [4.78, 5) is 7.94. The Hall–Kier alpha value is -1.75. The molecule has 0 spiro atoms. The fourth-order valence-corrected chi connectivity index (χ4v) is 1.34. The van der Waals surface area contributed by atoms with Gasteiger partial charge in [-0.2, -0.15) is 5.10 Å². The molecule has 0 atom stereocenters. The Morgan fingerprint density at radius 2 is 2.43 bits per heavy atom. The van der Waals surface area contributed by atoms with Crippen molar-refractivity contribution in [3.63, 3.8) is 0 Å². The molecule has 0 saturated carbocycles. The van der Waals surface area contributed by atoms with Gasteiger partial charge in [-0.15, -0.1) is 6.58 Å². The van der Waals surface area contributed by atoms with Gasteiger partial charge in [0.2, 0.25) is 0 Å². The molecule has 0 N–H and O–H groups in total. The second kappa shape index (κ2) is 3.55. The van der Waals surface area contributed by atoms with Gasteiger partial charge in [0, 0.05) is 6.20 Å². The van der Waals surface area contributed by atoms with Crippen LogP contribution in [0.15, 0.2) is 25.2 Å². The van der Waals surface area contributed by atoms with Crippen molar-refractivity contribution in [2.24, 2.45) is 0 Å². The topological polar surface area (TPSA) is 63.5 Å². The van der Waals surface area contributed by atoms with Crippen LogP contribution in [0.2, 0.25) is 0 Å². The third-order valence-corrected chi connectivity index (χ3v) is 1.93. The molecule has 71 valence electrons. The minimum atomic E-state index is -0.353. The fourth-order valence-electron chi connectivity index (χ4n) is 1.34. The van der Waals surface area contributed by atoms with E-state index >= 15 is 0 Å². The highest BCUT2D eigenvalue weighted by Crippen LogP contribution is 2.14. The zero-order valence-electron chi connectivity index (χ0n) is 7.55. The molecule has 5 heteroatoms. The lowest BCUT2D eigenvalue weighted by molar-refractivity contribution is 0.174. The van der Waals surface area contributed by atoms with Gasteiger partial charge >= 0.3 is 0 Å². The Morgan fingerprint density at radius 3 is 3.14 bits per heavy atom. The van der Waals surface area contributed by atoms with Crippen molar-refractivity contribution in [1.82, 2.24) is 19.7 Å². The van der Waals surface area contributed by atoms with E-state index in [1.807, 2.05) is 0 Å². The van der Waals surface area contributed by atoms with E-state index in [1.54, 1.807) is 17.0 Å². The Bertz CT molecular complexity index is 463. The summed E-state index contributed by atoms with van der Waals surface area (Å²) in [7, 11) is 0. The van der Waals surface area contributed by atoms with Crippen LogP contribution in [0.1, 0.15) is 5.69 Å². The monoisotopic (exact) mass is 189 g/mol. The maximum Gasteiger partial charge on any atom is 0.161 e. The van der Waals surface area contributed by atoms with Crippen LogP contribution in [-0.4, -0.2) is 19.7 Å². The largest absolute Gasteiger partial charge is 0.244 e. The number of aromatic nitrogens is 4. The van der Waals surface area contributed by atoms with Crippen LogP contribution in [0.5, 0.6) is 0 Å². The number of nitrogens with zero attached hydrogens (tertiary/aromatic N) is 4. The van der Waals surface area contributed by atoms with E-state index < -0.39 is 0 Å². The van der Waals surface area contributed by atoms with Crippen LogP contribution < -0.4 is 0 Å². The molecular weight excluding hydrogens is 180 g/mol. The van der Waals surface area contributed by atoms with Gasteiger partial charge in [0.25, 0.3) is 0 Å². The van der Waals surface area contributed by atoms with E-state index in [2.05, 4.69) is 21.6 Å². The van der Waals surface area contributed by atoms with E-state index in [0.717, 1.165) is 5.39 Å². The van der Waals surface area contributed by atoms with Crippen molar-refractivity contribution < 1.29 is 5.11 Å². The standard InChI is InChI=1S/C9H9N4O/c1-2-3-13-9-7(4-10-6-11-9)8(5-14)12-13/h2,4,6H,1,3,5H2. The smallest absolute Gasteiger partial charge is 0.161 e. The number of rotatable bonds is 3. The van der Waals surface area contributed by atoms with Crippen molar-refractivity contribution in [3.05, 3.63) is 30.9 Å². The SMILES string of the molecule is C=CCn1nc(C[O])c2cncnc21. The van der Waals surface area contributed by atoms with E-state index in [1.165, 1.54) is 6.33 Å². The predicted octanol–water partition coefficient (Wildman–Crippen LogP) is 0.943. The van der Waals surface area contributed by atoms with Crippen LogP contribution in [0.25, 0.3) is 11.0 Å². The molecule has 0 aliphatic heterocycles. The average Bonchev–Trinajstić information content (AvgIpc) is 2.58. The highest BCUT2D eigenvalue weighted by molar-refractivity contribution is 5.76. The average molecular weight is 189 g/mol. The van der Waals surface area contributed by atoms with Gasteiger partial charge in [-0.05, 0) is 0 Å². The first-order chi connectivity index (χ1) is 6.86. The molecule has 0 fully saturated rings. The molecule has 0 aliphatic rings. The first kappa shape index (κ1) is 8.83. The van der Waals surface area contributed by atoms with Crippen LogP contribution in [0.3, 0.4) is 0 Å². The van der Waals surface area contributed by atoms with Crippen molar-refractivity contribution in [3.8, 4) is 0 Å². The van der Waals surface area contributed by atoms with Crippen LogP contribution in [-0.2, 0) is 18.3 Å². The molecule has 0 unspecified atom stereocenters. The van der Waals surface area contributed by atoms with Gasteiger partial charge in [0.1, 0.15) is 18.6 Å². The molecule has 0 bridgehead atoms. The summed E-state index contributed by atoms with van der Waals surface area (Å²) in [6.45, 7) is 3.81. The minimum Gasteiger partial charge on any atom is -0.244 e. The van der Waals surface area contributed by atoms with Crippen molar-refractivity contribution >= 4 is 11.0 Å². The Morgan fingerprint density at radius 1 is 1.57 bits per heavy atom. The van der Waals surface area contributed by atoms with Gasteiger partial charge in [-0.25, -0.2) is 19.8 Å². The normalized spacial score (nSPS) is 10.6. The van der Waals surface area contributed by atoms with Crippen LogP contribution in [0.4, 0.5) is 0 Å². The molecule has 0 amide bonds. The number of hydrogen-bond donors (Lipinski definition) is 0. The summed E-state index contributed by atoms with van der Waals surface area (Å²) in [5.74, 6) is 0. The highest BCUT2D eigenvalue weighted by atomic mass is 16.3. The molecule has 1 radical (unpaired) electrons. The zero-order chi connectivity index (χ0) is 9.97. The summed E-state index contributed by atoms with van der Waals surface area (Å²) >= 11 is 0. The Labute approximate surface area is 80.7 Å². The van der Waals surface area contributed by atoms with Gasteiger partial charge in [0.15, 0.2) is 5.65 Å². The van der Waals surface area contributed by atoms with Crippen molar-refractivity contribution in [1.29, 1.82) is 0 Å². The molecule has 2 rings (SSSR count). The molecule has 2 aromatic rings. The second-order valence-corrected chi connectivity index (χ2v) is 2.82. The van der Waals surface area contributed by atoms with Gasteiger partial charge in [-0.1, -0.05) is 6.08 Å². The van der Waals surface area contributed by atoms with E-state index in [0.29, 0.717) is 17.9 Å². The molecular formula is C9H9N4O. The lowest BCUT2D eigenvalue weighted by Gasteiger charge is -1.95. The second-order valence-electron chi connectivity index (χ2n) is 2.82. The summed E-state index contributed by atoms with van der Waals surface area (Å²) in [5, 5.41) is 15.7. The number of hydrogen-bond acceptors (Lipinski definition) is 3. The highest BCUT2D eigenvalue weighted by Gasteiger charge is 2.09. The third kappa shape index (κ3) is 1.27. The van der Waals surface area contributed by atoms with Gasteiger partial charge < -0.3 is 0 Å². The summed E-state index contributed by atoms with van der Waals surface area (Å²) in [5.41, 5.74) is 1.17. The van der Waals surface area contributed by atoms with Gasteiger partial charge in [0.05, 0.1) is 11.9 Å². The maximum absolute atomic E-state index is 10.8. The predicted molar refractivity (Wildman–Crippen MR) is 49.9 cm³/mol. The number of allylic oxidation sites excluding steroid dienone is 1. The van der Waals surface area contributed by atoms with Crippen LogP contribution >= 0.6 is 0 Å². The summed E-state index contributed by atoms with van der Waals surface area (Å²) in [6, 6.07) is 0. The van der Waals surface area contributed by atoms with E-state index in [9.17, 15) is 5.11 Å². The first-order valence-electron chi connectivity index (χ1n) is 4.21. The zero-order valence-corrected chi connectivity index (χ0v) is 7.55. The first-order valence-corrected chi connectivity index (χ1v) is 4.21. The fraction of sp³-hybridized carbons (Fsp3) is 0.222. The molecule has 5 nitrogen and oxygen atoms in total. The molecule has 2 heterocycles. The summed E-state index contributed by atoms with van der Waals surface area (Å²) < 4.78 is 1.65. The summed E-state index contributed by atoms with van der Waals surface area (Å²) in [6.07, 6.45) is 4.77. The molecule has 0 saturated heterocycles. The molecule has 14 heavy (non-hydrogen) atoms. The molecule has 0 aromatic carbocycles. The van der Waals surface area contributed by atoms with Crippen molar-refractivity contribution in [2.75, 3.05) is 0 Å². The van der Waals surface area contributed by atoms with Crippen LogP contribution in [0, 0.1) is 0 Å². The van der Waals surface area contributed by atoms with Crippen molar-refractivity contribution in [2.45, 2.75) is 13.2 Å². The third-order valence-electron chi connectivity index (χ3n) is 1.93. The van der Waals surface area contributed by atoms with E-state index in [-0.39, 0.29) is 6.61 Å². The lowest BCUT2D eigenvalue weighted by Crippen LogP contribution is -1.98. The quantitative estimate of drug-likeness (QED) is 0.675. The molecule has 2 aromatic heterocycles. The Kier molecular flexibility index (Phi) is 2.24. The lowest BCUT2D eigenvalue weighted by atomic mass is 10.3. The van der Waals surface area contributed by atoms with E-state index in [4.69, 9.17) is 0 Å². The minimum absolute atomic E-state index is 0.353. The maximum atomic E-state index is 10.8. The number of fused-ring (bicyclic) bond motifs is 1. The van der Waals surface area contributed by atoms with Gasteiger partial charge in [-0.3, -0.25) is 0 Å². The molecule has 0 aliphatic carbocycles. The Balaban J connectivity index is 2.66.